The van der Waals surface area contributed by atoms with Crippen LogP contribution < -0.4 is 4.74 Å². The first kappa shape index (κ1) is 14.4. The summed E-state index contributed by atoms with van der Waals surface area (Å²) in [5.74, 6) is 0.615. The summed E-state index contributed by atoms with van der Waals surface area (Å²) in [5.41, 5.74) is 3.94. The van der Waals surface area contributed by atoms with Crippen LogP contribution in [0.1, 0.15) is 39.4 Å². The van der Waals surface area contributed by atoms with Crippen LogP contribution in [0.15, 0.2) is 55.1 Å². The SMILES string of the molecule is C=CCC1c2ccccc2COc2ccc(C(=O)OC)cc21. The van der Waals surface area contributed by atoms with Gasteiger partial charge in [0.2, 0.25) is 0 Å². The van der Waals surface area contributed by atoms with Crippen molar-refractivity contribution in [3.05, 3.63) is 77.4 Å². The summed E-state index contributed by atoms with van der Waals surface area (Å²) in [6.07, 6.45) is 2.69. The average Bonchev–Trinajstić information content (AvgIpc) is 2.72. The molecular weight excluding hydrogens is 276 g/mol. The van der Waals surface area contributed by atoms with Crippen molar-refractivity contribution in [1.82, 2.24) is 0 Å². The van der Waals surface area contributed by atoms with E-state index in [0.717, 1.165) is 17.7 Å². The molecule has 1 unspecified atom stereocenters. The number of ether oxygens (including phenoxy) is 2. The van der Waals surface area contributed by atoms with Crippen LogP contribution in [0.3, 0.4) is 0 Å². The average molecular weight is 294 g/mol. The molecule has 0 aliphatic carbocycles. The highest BCUT2D eigenvalue weighted by molar-refractivity contribution is 5.89. The highest BCUT2D eigenvalue weighted by atomic mass is 16.5. The van der Waals surface area contributed by atoms with Crippen molar-refractivity contribution in [3.63, 3.8) is 0 Å². The molecule has 1 atom stereocenters. The molecule has 3 nitrogen and oxygen atoms in total. The van der Waals surface area contributed by atoms with Crippen LogP contribution in [-0.4, -0.2) is 13.1 Å². The first-order valence-corrected chi connectivity index (χ1v) is 7.28. The first-order valence-electron chi connectivity index (χ1n) is 7.28. The van der Waals surface area contributed by atoms with E-state index in [1.807, 2.05) is 30.3 Å². The van der Waals surface area contributed by atoms with Gasteiger partial charge in [-0.2, -0.15) is 0 Å². The largest absolute Gasteiger partial charge is 0.489 e. The maximum absolute atomic E-state index is 11.8. The second-order valence-corrected chi connectivity index (χ2v) is 5.31. The number of methoxy groups -OCH3 is 1. The fraction of sp³-hybridized carbons (Fsp3) is 0.211. The van der Waals surface area contributed by atoms with Gasteiger partial charge < -0.3 is 9.47 Å². The van der Waals surface area contributed by atoms with Crippen molar-refractivity contribution in [2.24, 2.45) is 0 Å². The smallest absolute Gasteiger partial charge is 0.337 e. The summed E-state index contributed by atoms with van der Waals surface area (Å²) in [6.45, 7) is 4.41. The maximum Gasteiger partial charge on any atom is 0.337 e. The van der Waals surface area contributed by atoms with E-state index in [1.165, 1.54) is 18.2 Å². The van der Waals surface area contributed by atoms with E-state index in [2.05, 4.69) is 18.7 Å². The van der Waals surface area contributed by atoms with Crippen LogP contribution in [0.4, 0.5) is 0 Å². The van der Waals surface area contributed by atoms with E-state index in [4.69, 9.17) is 9.47 Å². The fourth-order valence-electron chi connectivity index (χ4n) is 2.95. The van der Waals surface area contributed by atoms with E-state index in [0.29, 0.717) is 12.2 Å². The molecular formula is C19H18O3. The van der Waals surface area contributed by atoms with Crippen LogP contribution in [0, 0.1) is 0 Å². The second-order valence-electron chi connectivity index (χ2n) is 5.31. The van der Waals surface area contributed by atoms with Gasteiger partial charge in [-0.3, -0.25) is 0 Å². The van der Waals surface area contributed by atoms with Gasteiger partial charge in [0.1, 0.15) is 12.4 Å². The predicted molar refractivity (Wildman–Crippen MR) is 85.2 cm³/mol. The van der Waals surface area contributed by atoms with Crippen LogP contribution in [0.5, 0.6) is 5.75 Å². The van der Waals surface area contributed by atoms with Crippen LogP contribution in [-0.2, 0) is 11.3 Å². The summed E-state index contributed by atoms with van der Waals surface area (Å²) in [5, 5.41) is 0. The summed E-state index contributed by atoms with van der Waals surface area (Å²) in [4.78, 5) is 11.8. The van der Waals surface area contributed by atoms with Gasteiger partial charge in [0.25, 0.3) is 0 Å². The van der Waals surface area contributed by atoms with Gasteiger partial charge in [0.05, 0.1) is 12.7 Å². The number of benzene rings is 2. The van der Waals surface area contributed by atoms with Crippen molar-refractivity contribution >= 4 is 5.97 Å². The molecule has 1 aliphatic heterocycles. The van der Waals surface area contributed by atoms with Gasteiger partial charge in [-0.1, -0.05) is 30.3 Å². The van der Waals surface area contributed by atoms with Crippen LogP contribution in [0.25, 0.3) is 0 Å². The third-order valence-corrected chi connectivity index (χ3v) is 4.02. The van der Waals surface area contributed by atoms with E-state index in [1.54, 1.807) is 6.07 Å². The van der Waals surface area contributed by atoms with Gasteiger partial charge in [0.15, 0.2) is 0 Å². The Morgan fingerprint density at radius 1 is 1.32 bits per heavy atom. The van der Waals surface area contributed by atoms with Crippen molar-refractivity contribution in [3.8, 4) is 5.75 Å². The van der Waals surface area contributed by atoms with Crippen molar-refractivity contribution in [1.29, 1.82) is 0 Å². The Labute approximate surface area is 130 Å². The molecule has 0 saturated heterocycles. The number of carbonyl (C=O) groups excluding carboxylic acids is 1. The monoisotopic (exact) mass is 294 g/mol. The first-order chi connectivity index (χ1) is 10.7. The Bertz CT molecular complexity index is 718. The third-order valence-electron chi connectivity index (χ3n) is 4.02. The van der Waals surface area contributed by atoms with Gasteiger partial charge >= 0.3 is 5.97 Å². The predicted octanol–water partition coefficient (Wildman–Crippen LogP) is 4.07. The van der Waals surface area contributed by atoms with E-state index >= 15 is 0 Å². The minimum atomic E-state index is -0.335. The van der Waals surface area contributed by atoms with E-state index < -0.39 is 0 Å². The highest BCUT2D eigenvalue weighted by Crippen LogP contribution is 2.40. The standard InChI is InChI=1S/C19H18O3/c1-3-6-16-15-8-5-4-7-14(15)12-22-18-10-9-13(11-17(16)18)19(20)21-2/h3-5,7-11,16H,1,6,12H2,2H3. The van der Waals surface area contributed by atoms with Gasteiger partial charge in [-0.05, 0) is 35.7 Å². The number of rotatable bonds is 3. The summed E-state index contributed by atoms with van der Waals surface area (Å²) in [6, 6.07) is 13.7. The lowest BCUT2D eigenvalue weighted by molar-refractivity contribution is 0.0600. The molecule has 2 aromatic carbocycles. The Hall–Kier alpha value is -2.55. The quantitative estimate of drug-likeness (QED) is 0.632. The van der Waals surface area contributed by atoms with Gasteiger partial charge in [-0.15, -0.1) is 6.58 Å². The Balaban J connectivity index is 2.15. The van der Waals surface area contributed by atoms with Crippen LogP contribution in [0.2, 0.25) is 0 Å². The van der Waals surface area contributed by atoms with Crippen molar-refractivity contribution in [2.75, 3.05) is 7.11 Å². The molecule has 0 spiro atoms. The summed E-state index contributed by atoms with van der Waals surface area (Å²) in [7, 11) is 1.39. The molecule has 2 aromatic rings. The van der Waals surface area contributed by atoms with E-state index in [9.17, 15) is 4.79 Å². The topological polar surface area (TPSA) is 35.5 Å². The fourth-order valence-corrected chi connectivity index (χ4v) is 2.95. The summed E-state index contributed by atoms with van der Waals surface area (Å²) < 4.78 is 10.8. The Kier molecular flexibility index (Phi) is 3.96. The van der Waals surface area contributed by atoms with Crippen molar-refractivity contribution < 1.29 is 14.3 Å². The lowest BCUT2D eigenvalue weighted by Gasteiger charge is -2.18. The molecule has 0 bridgehead atoms. The highest BCUT2D eigenvalue weighted by Gasteiger charge is 2.24. The molecule has 0 radical (unpaired) electrons. The molecule has 3 heteroatoms. The Morgan fingerprint density at radius 3 is 2.91 bits per heavy atom. The number of esters is 1. The molecule has 0 N–H and O–H groups in total. The van der Waals surface area contributed by atoms with Crippen LogP contribution >= 0.6 is 0 Å². The Morgan fingerprint density at radius 2 is 2.14 bits per heavy atom. The zero-order valence-corrected chi connectivity index (χ0v) is 12.5. The van der Waals surface area contributed by atoms with Gasteiger partial charge in [0, 0.05) is 11.5 Å². The number of fused-ring (bicyclic) bond motifs is 2. The third kappa shape index (κ3) is 2.50. The van der Waals surface area contributed by atoms with Crippen molar-refractivity contribution in [2.45, 2.75) is 18.9 Å². The zero-order valence-electron chi connectivity index (χ0n) is 12.5. The molecule has 0 saturated carbocycles. The summed E-state index contributed by atoms with van der Waals surface area (Å²) >= 11 is 0. The number of hydrogen-bond donors (Lipinski definition) is 0. The minimum absolute atomic E-state index is 0.135. The molecule has 0 fully saturated rings. The minimum Gasteiger partial charge on any atom is -0.489 e. The molecule has 22 heavy (non-hydrogen) atoms. The molecule has 1 heterocycles. The zero-order chi connectivity index (χ0) is 15.5. The van der Waals surface area contributed by atoms with Gasteiger partial charge in [-0.25, -0.2) is 4.79 Å². The second kappa shape index (κ2) is 6.06. The number of carbonyl (C=O) groups is 1. The lowest BCUT2D eigenvalue weighted by Crippen LogP contribution is -2.05. The number of hydrogen-bond acceptors (Lipinski definition) is 3. The molecule has 112 valence electrons. The normalized spacial score (nSPS) is 15.8. The molecule has 0 aromatic heterocycles. The maximum atomic E-state index is 11.8. The molecule has 0 amide bonds. The molecule has 3 rings (SSSR count). The number of allylic oxidation sites excluding steroid dienone is 1. The lowest BCUT2D eigenvalue weighted by atomic mass is 9.85. The van der Waals surface area contributed by atoms with E-state index in [-0.39, 0.29) is 11.9 Å². The molecule has 1 aliphatic rings.